The average molecular weight is 275 g/mol. The summed E-state index contributed by atoms with van der Waals surface area (Å²) in [5.74, 6) is 0.935. The number of carbonyl (C=O) groups excluding carboxylic acids is 1. The molecule has 1 aliphatic heterocycles. The minimum absolute atomic E-state index is 0.0160. The molecule has 0 fully saturated rings. The van der Waals surface area contributed by atoms with Gasteiger partial charge in [0.05, 0.1) is 6.61 Å². The Bertz CT molecular complexity index is 496. The number of hydrogen-bond donors (Lipinski definition) is 1. The lowest BCUT2D eigenvalue weighted by Gasteiger charge is -2.18. The van der Waals surface area contributed by atoms with E-state index in [1.54, 1.807) is 11.0 Å². The Kier molecular flexibility index (Phi) is 5.18. The first-order chi connectivity index (χ1) is 9.74. The molecule has 1 N–H and O–H groups in total. The number of nitrogens with zero attached hydrogens (tertiary/aromatic N) is 1. The normalized spacial score (nSPS) is 13.3. The molecule has 2 rings (SSSR count). The van der Waals surface area contributed by atoms with E-state index in [2.05, 4.69) is 6.07 Å². The predicted octanol–water partition coefficient (Wildman–Crippen LogP) is 1.87. The standard InChI is InChI=1S/C16H21NO3/c1-2-17(9-3-10-18)16(19)7-5-13-4-6-15-14(12-13)8-11-20-15/h4-7,12,18H,2-3,8-11H2,1H3/b7-5+. The number of aliphatic hydroxyl groups excluding tert-OH is 1. The number of likely N-dealkylation sites (N-methyl/N-ethyl adjacent to an activating group) is 1. The van der Waals surface area contributed by atoms with E-state index in [-0.39, 0.29) is 12.5 Å². The number of rotatable bonds is 6. The van der Waals surface area contributed by atoms with Crippen molar-refractivity contribution >= 4 is 12.0 Å². The second kappa shape index (κ2) is 7.10. The minimum Gasteiger partial charge on any atom is -0.493 e. The van der Waals surface area contributed by atoms with Crippen molar-refractivity contribution in [2.75, 3.05) is 26.3 Å². The van der Waals surface area contributed by atoms with E-state index >= 15 is 0 Å². The number of amides is 1. The van der Waals surface area contributed by atoms with Gasteiger partial charge in [-0.3, -0.25) is 4.79 Å². The molecule has 0 radical (unpaired) electrons. The zero-order valence-corrected chi connectivity index (χ0v) is 11.8. The van der Waals surface area contributed by atoms with Crippen LogP contribution in [0.15, 0.2) is 24.3 Å². The molecule has 108 valence electrons. The summed E-state index contributed by atoms with van der Waals surface area (Å²) in [7, 11) is 0. The van der Waals surface area contributed by atoms with Crippen LogP contribution in [-0.2, 0) is 11.2 Å². The smallest absolute Gasteiger partial charge is 0.246 e. The van der Waals surface area contributed by atoms with Crippen molar-refractivity contribution < 1.29 is 14.6 Å². The van der Waals surface area contributed by atoms with Crippen LogP contribution in [-0.4, -0.2) is 42.2 Å². The van der Waals surface area contributed by atoms with E-state index in [0.717, 1.165) is 24.3 Å². The second-order valence-corrected chi connectivity index (χ2v) is 4.79. The first kappa shape index (κ1) is 14.6. The summed E-state index contributed by atoms with van der Waals surface area (Å²) in [6.45, 7) is 4.04. The van der Waals surface area contributed by atoms with Crippen molar-refractivity contribution in [3.8, 4) is 5.75 Å². The molecule has 0 aliphatic carbocycles. The molecule has 0 atom stereocenters. The number of aliphatic hydroxyl groups is 1. The lowest BCUT2D eigenvalue weighted by molar-refractivity contribution is -0.125. The molecule has 1 aliphatic rings. The molecule has 1 aromatic carbocycles. The van der Waals surface area contributed by atoms with Crippen LogP contribution in [0.4, 0.5) is 0 Å². The molecule has 4 heteroatoms. The Morgan fingerprint density at radius 1 is 1.50 bits per heavy atom. The van der Waals surface area contributed by atoms with Gasteiger partial charge >= 0.3 is 0 Å². The van der Waals surface area contributed by atoms with Crippen molar-refractivity contribution in [2.24, 2.45) is 0 Å². The third kappa shape index (κ3) is 3.61. The Balaban J connectivity index is 1.99. The van der Waals surface area contributed by atoms with Gasteiger partial charge in [-0.2, -0.15) is 0 Å². The maximum atomic E-state index is 12.0. The molecule has 0 saturated carbocycles. The van der Waals surface area contributed by atoms with E-state index in [9.17, 15) is 4.79 Å². The van der Waals surface area contributed by atoms with Crippen LogP contribution in [0.5, 0.6) is 5.75 Å². The van der Waals surface area contributed by atoms with Crippen LogP contribution in [0.1, 0.15) is 24.5 Å². The summed E-state index contributed by atoms with van der Waals surface area (Å²) in [5.41, 5.74) is 2.22. The quantitative estimate of drug-likeness (QED) is 0.806. The first-order valence-electron chi connectivity index (χ1n) is 7.08. The van der Waals surface area contributed by atoms with Gasteiger partial charge in [0.2, 0.25) is 5.91 Å². The third-order valence-electron chi connectivity index (χ3n) is 3.41. The lowest BCUT2D eigenvalue weighted by Crippen LogP contribution is -2.30. The van der Waals surface area contributed by atoms with Gasteiger partial charge in [0, 0.05) is 32.2 Å². The summed E-state index contributed by atoms with van der Waals surface area (Å²) in [5, 5.41) is 8.82. The Labute approximate surface area is 119 Å². The van der Waals surface area contributed by atoms with Gasteiger partial charge in [-0.15, -0.1) is 0 Å². The van der Waals surface area contributed by atoms with Crippen LogP contribution < -0.4 is 4.74 Å². The first-order valence-corrected chi connectivity index (χ1v) is 7.08. The fourth-order valence-corrected chi connectivity index (χ4v) is 2.27. The van der Waals surface area contributed by atoms with Crippen LogP contribution in [0.2, 0.25) is 0 Å². The number of carbonyl (C=O) groups is 1. The Morgan fingerprint density at radius 2 is 2.35 bits per heavy atom. The summed E-state index contributed by atoms with van der Waals surface area (Å²) in [6, 6.07) is 5.98. The number of fused-ring (bicyclic) bond motifs is 1. The molecule has 1 heterocycles. The van der Waals surface area contributed by atoms with Crippen molar-refractivity contribution in [3.63, 3.8) is 0 Å². The molecule has 1 aromatic rings. The van der Waals surface area contributed by atoms with Crippen molar-refractivity contribution in [2.45, 2.75) is 19.8 Å². The third-order valence-corrected chi connectivity index (χ3v) is 3.41. The van der Waals surface area contributed by atoms with Crippen molar-refractivity contribution in [1.82, 2.24) is 4.90 Å². The summed E-state index contributed by atoms with van der Waals surface area (Å²) < 4.78 is 5.46. The molecule has 0 bridgehead atoms. The van der Waals surface area contributed by atoms with E-state index in [1.165, 1.54) is 5.56 Å². The largest absolute Gasteiger partial charge is 0.493 e. The molecule has 0 aromatic heterocycles. The molecule has 1 amide bonds. The molecular formula is C16H21NO3. The average Bonchev–Trinajstić information content (AvgIpc) is 2.93. The van der Waals surface area contributed by atoms with Crippen molar-refractivity contribution in [3.05, 3.63) is 35.4 Å². The summed E-state index contributed by atoms with van der Waals surface area (Å²) in [4.78, 5) is 13.7. The van der Waals surface area contributed by atoms with E-state index in [4.69, 9.17) is 9.84 Å². The summed E-state index contributed by atoms with van der Waals surface area (Å²) in [6.07, 6.45) is 4.98. The monoisotopic (exact) mass is 275 g/mol. The highest BCUT2D eigenvalue weighted by Gasteiger charge is 2.11. The minimum atomic E-state index is -0.0160. The number of ether oxygens (including phenoxy) is 1. The fourth-order valence-electron chi connectivity index (χ4n) is 2.27. The molecule has 0 saturated heterocycles. The fraction of sp³-hybridized carbons (Fsp3) is 0.438. The molecular weight excluding hydrogens is 254 g/mol. The SMILES string of the molecule is CCN(CCCO)C(=O)/C=C/c1ccc2c(c1)CCO2. The van der Waals surface area contributed by atoms with Gasteiger partial charge in [0.25, 0.3) is 0 Å². The number of hydrogen-bond acceptors (Lipinski definition) is 3. The van der Waals surface area contributed by atoms with Crippen LogP contribution in [0.25, 0.3) is 6.08 Å². The van der Waals surface area contributed by atoms with Gasteiger partial charge in [-0.05, 0) is 42.7 Å². The summed E-state index contributed by atoms with van der Waals surface area (Å²) >= 11 is 0. The molecule has 4 nitrogen and oxygen atoms in total. The van der Waals surface area contributed by atoms with Crippen LogP contribution in [0, 0.1) is 0 Å². The highest BCUT2D eigenvalue weighted by atomic mass is 16.5. The molecule has 20 heavy (non-hydrogen) atoms. The molecule has 0 unspecified atom stereocenters. The van der Waals surface area contributed by atoms with Crippen molar-refractivity contribution in [1.29, 1.82) is 0 Å². The predicted molar refractivity (Wildman–Crippen MR) is 78.6 cm³/mol. The highest BCUT2D eigenvalue weighted by Crippen LogP contribution is 2.26. The number of benzene rings is 1. The zero-order valence-electron chi connectivity index (χ0n) is 11.8. The topological polar surface area (TPSA) is 49.8 Å². The van der Waals surface area contributed by atoms with Gasteiger partial charge in [0.1, 0.15) is 5.75 Å². The maximum absolute atomic E-state index is 12.0. The van der Waals surface area contributed by atoms with E-state index < -0.39 is 0 Å². The maximum Gasteiger partial charge on any atom is 0.246 e. The Hall–Kier alpha value is -1.81. The zero-order chi connectivity index (χ0) is 14.4. The molecule has 0 spiro atoms. The second-order valence-electron chi connectivity index (χ2n) is 4.79. The van der Waals surface area contributed by atoms with Gasteiger partial charge in [-0.25, -0.2) is 0 Å². The van der Waals surface area contributed by atoms with E-state index in [0.29, 0.717) is 19.5 Å². The van der Waals surface area contributed by atoms with Crippen LogP contribution in [0.3, 0.4) is 0 Å². The lowest BCUT2D eigenvalue weighted by atomic mass is 10.1. The van der Waals surface area contributed by atoms with E-state index in [1.807, 2.05) is 25.1 Å². The van der Waals surface area contributed by atoms with Crippen LogP contribution >= 0.6 is 0 Å². The van der Waals surface area contributed by atoms with Gasteiger partial charge in [-0.1, -0.05) is 6.07 Å². The highest BCUT2D eigenvalue weighted by molar-refractivity contribution is 5.91. The Morgan fingerprint density at radius 3 is 3.10 bits per heavy atom. The van der Waals surface area contributed by atoms with Gasteiger partial charge in [0.15, 0.2) is 0 Å². The van der Waals surface area contributed by atoms with Gasteiger partial charge < -0.3 is 14.7 Å².